The Hall–Kier alpha value is -0.700. The number of rotatable bonds is 4. The summed E-state index contributed by atoms with van der Waals surface area (Å²) in [5, 5.41) is 5.56. The van der Waals surface area contributed by atoms with Crippen LogP contribution in [0.1, 0.15) is 12.8 Å². The summed E-state index contributed by atoms with van der Waals surface area (Å²) in [5.74, 6) is -0.302. The molecule has 2 aliphatic heterocycles. The first-order valence-corrected chi connectivity index (χ1v) is 8.19. The van der Waals surface area contributed by atoms with Crippen LogP contribution in [0.4, 0.5) is 0 Å². The van der Waals surface area contributed by atoms with E-state index in [0.717, 1.165) is 12.8 Å². The molecule has 7 nitrogen and oxygen atoms in total. The molecule has 0 saturated carbocycles. The Morgan fingerprint density at radius 3 is 2.95 bits per heavy atom. The van der Waals surface area contributed by atoms with Gasteiger partial charge in [0.15, 0.2) is 0 Å². The lowest BCUT2D eigenvalue weighted by atomic mass is 10.2. The molecular weight excluding hydrogens is 270 g/mol. The van der Waals surface area contributed by atoms with Gasteiger partial charge in [-0.1, -0.05) is 0 Å². The topological polar surface area (TPSA) is 87.7 Å². The predicted molar refractivity (Wildman–Crippen MR) is 70.2 cm³/mol. The lowest BCUT2D eigenvalue weighted by Gasteiger charge is -2.34. The van der Waals surface area contributed by atoms with Crippen molar-refractivity contribution in [2.24, 2.45) is 0 Å². The van der Waals surface area contributed by atoms with E-state index >= 15 is 0 Å². The number of hydrogen-bond acceptors (Lipinski definition) is 5. The molecule has 2 aliphatic rings. The third-order valence-corrected chi connectivity index (χ3v) is 5.47. The van der Waals surface area contributed by atoms with E-state index in [2.05, 4.69) is 10.6 Å². The Kier molecular flexibility index (Phi) is 4.77. The van der Waals surface area contributed by atoms with Crippen LogP contribution in [-0.4, -0.2) is 69.8 Å². The van der Waals surface area contributed by atoms with Crippen LogP contribution >= 0.6 is 0 Å². The van der Waals surface area contributed by atoms with Gasteiger partial charge in [-0.25, -0.2) is 8.42 Å². The molecule has 0 aromatic carbocycles. The number of ether oxygens (including phenoxy) is 1. The zero-order valence-corrected chi connectivity index (χ0v) is 11.9. The highest BCUT2D eigenvalue weighted by atomic mass is 32.2. The number of carbonyl (C=O) groups is 1. The number of piperazine rings is 1. The van der Waals surface area contributed by atoms with E-state index < -0.39 is 16.1 Å². The van der Waals surface area contributed by atoms with E-state index in [1.807, 2.05) is 0 Å². The molecule has 2 N–H and O–H groups in total. The van der Waals surface area contributed by atoms with Gasteiger partial charge < -0.3 is 15.4 Å². The van der Waals surface area contributed by atoms with Crippen molar-refractivity contribution in [3.8, 4) is 0 Å². The Bertz CT molecular complexity index is 420. The number of amides is 1. The van der Waals surface area contributed by atoms with Gasteiger partial charge in [-0.2, -0.15) is 4.31 Å². The Labute approximate surface area is 113 Å². The molecule has 2 unspecified atom stereocenters. The second-order valence-electron chi connectivity index (χ2n) is 4.86. The maximum Gasteiger partial charge on any atom is 0.239 e. The van der Waals surface area contributed by atoms with Crippen LogP contribution in [0.25, 0.3) is 0 Å². The largest absolute Gasteiger partial charge is 0.377 e. The monoisotopic (exact) mass is 291 g/mol. The fourth-order valence-electron chi connectivity index (χ4n) is 2.52. The SMILES string of the molecule is CNC(=O)C1CNCCN1S(=O)(=O)CC1CCCO1. The molecule has 2 rings (SSSR count). The van der Waals surface area contributed by atoms with Crippen molar-refractivity contribution in [2.75, 3.05) is 39.0 Å². The normalized spacial score (nSPS) is 29.3. The fourth-order valence-corrected chi connectivity index (χ4v) is 4.37. The zero-order valence-electron chi connectivity index (χ0n) is 11.1. The molecule has 0 aromatic heterocycles. The third-order valence-electron chi connectivity index (χ3n) is 3.52. The highest BCUT2D eigenvalue weighted by molar-refractivity contribution is 7.89. The summed E-state index contributed by atoms with van der Waals surface area (Å²) in [7, 11) is -1.95. The summed E-state index contributed by atoms with van der Waals surface area (Å²) in [6, 6.07) is -0.662. The Morgan fingerprint density at radius 2 is 2.32 bits per heavy atom. The van der Waals surface area contributed by atoms with Crippen LogP contribution in [-0.2, 0) is 19.6 Å². The van der Waals surface area contributed by atoms with E-state index in [1.54, 1.807) is 0 Å². The molecule has 2 fully saturated rings. The van der Waals surface area contributed by atoms with Crippen molar-refractivity contribution in [3.63, 3.8) is 0 Å². The summed E-state index contributed by atoms with van der Waals surface area (Å²) in [4.78, 5) is 11.8. The van der Waals surface area contributed by atoms with Gasteiger partial charge in [-0.3, -0.25) is 4.79 Å². The molecular formula is C11H21N3O4S. The highest BCUT2D eigenvalue weighted by Crippen LogP contribution is 2.18. The van der Waals surface area contributed by atoms with Gasteiger partial charge in [0, 0.05) is 33.3 Å². The maximum atomic E-state index is 12.4. The minimum absolute atomic E-state index is 0.0273. The molecule has 0 spiro atoms. The lowest BCUT2D eigenvalue weighted by Crippen LogP contribution is -2.59. The van der Waals surface area contributed by atoms with Crippen LogP contribution in [0.15, 0.2) is 0 Å². The number of hydrogen-bond donors (Lipinski definition) is 2. The lowest BCUT2D eigenvalue weighted by molar-refractivity contribution is -0.124. The fraction of sp³-hybridized carbons (Fsp3) is 0.909. The first-order chi connectivity index (χ1) is 9.04. The summed E-state index contributed by atoms with van der Waals surface area (Å²) in [6.07, 6.45) is 1.45. The van der Waals surface area contributed by atoms with E-state index in [-0.39, 0.29) is 17.8 Å². The molecule has 2 heterocycles. The van der Waals surface area contributed by atoms with Crippen molar-refractivity contribution in [2.45, 2.75) is 25.0 Å². The van der Waals surface area contributed by atoms with Crippen LogP contribution < -0.4 is 10.6 Å². The number of nitrogens with zero attached hydrogens (tertiary/aromatic N) is 1. The second-order valence-corrected chi connectivity index (χ2v) is 6.82. The first-order valence-electron chi connectivity index (χ1n) is 6.58. The quantitative estimate of drug-likeness (QED) is 0.659. The number of carbonyl (C=O) groups excluding carboxylic acids is 1. The molecule has 8 heteroatoms. The smallest absolute Gasteiger partial charge is 0.239 e. The summed E-state index contributed by atoms with van der Waals surface area (Å²) >= 11 is 0. The molecule has 0 aromatic rings. The molecule has 0 radical (unpaired) electrons. The van der Waals surface area contributed by atoms with Crippen molar-refractivity contribution in [3.05, 3.63) is 0 Å². The van der Waals surface area contributed by atoms with Gasteiger partial charge in [0.05, 0.1) is 11.9 Å². The predicted octanol–water partition coefficient (Wildman–Crippen LogP) is -1.48. The standard InChI is InChI=1S/C11H21N3O4S/c1-12-11(15)10-7-13-4-5-14(10)19(16,17)8-9-3-2-6-18-9/h9-10,13H,2-8H2,1H3,(H,12,15). The Balaban J connectivity index is 2.09. The maximum absolute atomic E-state index is 12.4. The van der Waals surface area contributed by atoms with Gasteiger partial charge in [0.25, 0.3) is 0 Å². The number of likely N-dealkylation sites (N-methyl/N-ethyl adjacent to an activating group) is 1. The van der Waals surface area contributed by atoms with Crippen LogP contribution in [0.5, 0.6) is 0 Å². The van der Waals surface area contributed by atoms with Crippen LogP contribution in [0.2, 0.25) is 0 Å². The molecule has 110 valence electrons. The number of nitrogens with one attached hydrogen (secondary N) is 2. The molecule has 19 heavy (non-hydrogen) atoms. The van der Waals surface area contributed by atoms with Gasteiger partial charge in [0.1, 0.15) is 6.04 Å². The highest BCUT2D eigenvalue weighted by Gasteiger charge is 2.38. The molecule has 0 bridgehead atoms. The van der Waals surface area contributed by atoms with Crippen LogP contribution in [0.3, 0.4) is 0 Å². The molecule has 0 aliphatic carbocycles. The van der Waals surface area contributed by atoms with Crippen molar-refractivity contribution < 1.29 is 17.9 Å². The van der Waals surface area contributed by atoms with Crippen molar-refractivity contribution >= 4 is 15.9 Å². The van der Waals surface area contributed by atoms with Gasteiger partial charge in [-0.15, -0.1) is 0 Å². The minimum Gasteiger partial charge on any atom is -0.377 e. The third kappa shape index (κ3) is 3.44. The Morgan fingerprint density at radius 1 is 1.53 bits per heavy atom. The van der Waals surface area contributed by atoms with E-state index in [9.17, 15) is 13.2 Å². The van der Waals surface area contributed by atoms with Gasteiger partial charge >= 0.3 is 0 Å². The molecule has 2 atom stereocenters. The molecule has 2 saturated heterocycles. The van der Waals surface area contributed by atoms with Crippen molar-refractivity contribution in [1.29, 1.82) is 0 Å². The van der Waals surface area contributed by atoms with Gasteiger partial charge in [0.2, 0.25) is 15.9 Å². The number of sulfonamides is 1. The zero-order chi connectivity index (χ0) is 13.9. The minimum atomic E-state index is -3.46. The second kappa shape index (κ2) is 6.17. The summed E-state index contributed by atoms with van der Waals surface area (Å²) in [6.45, 7) is 1.87. The average molecular weight is 291 g/mol. The van der Waals surface area contributed by atoms with Crippen LogP contribution in [0, 0.1) is 0 Å². The first kappa shape index (κ1) is 14.7. The summed E-state index contributed by atoms with van der Waals surface area (Å²) < 4.78 is 31.5. The van der Waals surface area contributed by atoms with E-state index in [4.69, 9.17) is 4.74 Å². The molecule has 1 amide bonds. The van der Waals surface area contributed by atoms with E-state index in [0.29, 0.717) is 26.2 Å². The van der Waals surface area contributed by atoms with E-state index in [1.165, 1.54) is 11.4 Å². The van der Waals surface area contributed by atoms with Crippen molar-refractivity contribution in [1.82, 2.24) is 14.9 Å². The van der Waals surface area contributed by atoms with Gasteiger partial charge in [-0.05, 0) is 12.8 Å². The average Bonchev–Trinajstić information content (AvgIpc) is 2.90. The summed E-state index contributed by atoms with van der Waals surface area (Å²) in [5.41, 5.74) is 0.